The Hall–Kier alpha value is -1.14. The van der Waals surface area contributed by atoms with Crippen molar-refractivity contribution in [1.82, 2.24) is 15.2 Å². The second-order valence-electron chi connectivity index (χ2n) is 4.49. The van der Waals surface area contributed by atoms with Crippen LogP contribution in [0, 0.1) is 5.92 Å². The number of aromatic amines is 1. The minimum Gasteiger partial charge on any atom is -0.384 e. The molecule has 1 aliphatic heterocycles. The number of methoxy groups -OCH3 is 1. The Labute approximate surface area is 102 Å². The molecule has 0 saturated carbocycles. The van der Waals surface area contributed by atoms with Crippen molar-refractivity contribution >= 4 is 5.95 Å². The Morgan fingerprint density at radius 2 is 2.24 bits per heavy atom. The molecular weight excluding hydrogens is 218 g/mol. The van der Waals surface area contributed by atoms with Gasteiger partial charge in [0.25, 0.3) is 0 Å². The van der Waals surface area contributed by atoms with E-state index in [1.54, 1.807) is 7.11 Å². The molecule has 1 aromatic heterocycles. The van der Waals surface area contributed by atoms with Gasteiger partial charge in [0, 0.05) is 26.6 Å². The number of nitrogens with zero attached hydrogens (tertiary/aromatic N) is 3. The van der Waals surface area contributed by atoms with Crippen LogP contribution in [0.1, 0.15) is 18.7 Å². The maximum absolute atomic E-state index is 5.68. The fourth-order valence-electron chi connectivity index (χ4n) is 2.11. The third-order valence-electron chi connectivity index (χ3n) is 3.29. The summed E-state index contributed by atoms with van der Waals surface area (Å²) in [6.07, 6.45) is 3.06. The van der Waals surface area contributed by atoms with Gasteiger partial charge in [0.2, 0.25) is 5.95 Å². The van der Waals surface area contributed by atoms with Gasteiger partial charge in [0.1, 0.15) is 5.82 Å². The van der Waals surface area contributed by atoms with Crippen molar-refractivity contribution in [3.05, 3.63) is 5.82 Å². The van der Waals surface area contributed by atoms with Crippen molar-refractivity contribution in [3.63, 3.8) is 0 Å². The van der Waals surface area contributed by atoms with Crippen LogP contribution in [-0.2, 0) is 11.2 Å². The number of aromatic nitrogens is 3. The van der Waals surface area contributed by atoms with Crippen molar-refractivity contribution in [3.8, 4) is 0 Å². The van der Waals surface area contributed by atoms with E-state index >= 15 is 0 Å². The first-order valence-electron chi connectivity index (χ1n) is 6.18. The summed E-state index contributed by atoms with van der Waals surface area (Å²) in [5, 5.41) is 7.20. The molecule has 0 atom stereocenters. The Balaban J connectivity index is 1.87. The van der Waals surface area contributed by atoms with Crippen LogP contribution in [0.15, 0.2) is 0 Å². The minimum absolute atomic E-state index is 0.665. The average molecular weight is 239 g/mol. The predicted molar refractivity (Wildman–Crippen MR) is 66.0 cm³/mol. The van der Waals surface area contributed by atoms with Crippen LogP contribution in [0.25, 0.3) is 0 Å². The molecule has 1 aliphatic rings. The van der Waals surface area contributed by atoms with E-state index in [2.05, 4.69) is 20.1 Å². The van der Waals surface area contributed by atoms with Gasteiger partial charge in [-0.3, -0.25) is 5.10 Å². The number of rotatable bonds is 5. The van der Waals surface area contributed by atoms with Gasteiger partial charge in [-0.15, -0.1) is 5.10 Å². The summed E-state index contributed by atoms with van der Waals surface area (Å²) >= 11 is 0. The maximum atomic E-state index is 5.68. The summed E-state index contributed by atoms with van der Waals surface area (Å²) in [4.78, 5) is 6.69. The van der Waals surface area contributed by atoms with Crippen molar-refractivity contribution < 1.29 is 4.74 Å². The summed E-state index contributed by atoms with van der Waals surface area (Å²) in [6.45, 7) is 3.47. The zero-order chi connectivity index (χ0) is 12.1. The van der Waals surface area contributed by atoms with Crippen LogP contribution in [-0.4, -0.2) is 48.5 Å². The highest BCUT2D eigenvalue weighted by atomic mass is 16.5. The second-order valence-corrected chi connectivity index (χ2v) is 4.49. The summed E-state index contributed by atoms with van der Waals surface area (Å²) in [5.41, 5.74) is 5.68. The molecule has 0 aromatic carbocycles. The molecule has 6 heteroatoms. The SMILES string of the molecule is COCCc1nc(N2CCC(CN)CC2)n[nH]1. The standard InChI is InChI=1S/C11H21N5O/c1-17-7-4-10-13-11(15-14-10)16-5-2-9(8-12)3-6-16/h9H,2-8,12H2,1H3,(H,13,14,15). The number of ether oxygens (including phenoxy) is 1. The number of nitrogens with one attached hydrogen (secondary N) is 1. The van der Waals surface area contributed by atoms with E-state index in [4.69, 9.17) is 10.5 Å². The first-order valence-corrected chi connectivity index (χ1v) is 6.18. The highest BCUT2D eigenvalue weighted by Crippen LogP contribution is 2.19. The van der Waals surface area contributed by atoms with Gasteiger partial charge >= 0.3 is 0 Å². The Morgan fingerprint density at radius 1 is 1.47 bits per heavy atom. The lowest BCUT2D eigenvalue weighted by atomic mass is 9.97. The van der Waals surface area contributed by atoms with Gasteiger partial charge < -0.3 is 15.4 Å². The summed E-state index contributed by atoms with van der Waals surface area (Å²) < 4.78 is 5.01. The van der Waals surface area contributed by atoms with Crippen molar-refractivity contribution in [2.45, 2.75) is 19.3 Å². The fourth-order valence-corrected chi connectivity index (χ4v) is 2.11. The summed E-state index contributed by atoms with van der Waals surface area (Å²) in [6, 6.07) is 0. The van der Waals surface area contributed by atoms with Gasteiger partial charge in [-0.1, -0.05) is 0 Å². The molecule has 2 heterocycles. The number of hydrogen-bond acceptors (Lipinski definition) is 5. The van der Waals surface area contributed by atoms with Gasteiger partial charge in [-0.05, 0) is 25.3 Å². The lowest BCUT2D eigenvalue weighted by molar-refractivity contribution is 0.200. The zero-order valence-corrected chi connectivity index (χ0v) is 10.4. The largest absolute Gasteiger partial charge is 0.384 e. The fraction of sp³-hybridized carbons (Fsp3) is 0.818. The topological polar surface area (TPSA) is 80.1 Å². The molecule has 3 N–H and O–H groups in total. The van der Waals surface area contributed by atoms with E-state index in [9.17, 15) is 0 Å². The molecule has 2 rings (SSSR count). The third kappa shape index (κ3) is 3.17. The molecule has 0 amide bonds. The molecule has 0 radical (unpaired) electrons. The zero-order valence-electron chi connectivity index (χ0n) is 10.4. The van der Waals surface area contributed by atoms with Crippen LogP contribution in [0.3, 0.4) is 0 Å². The van der Waals surface area contributed by atoms with Crippen LogP contribution in [0.2, 0.25) is 0 Å². The molecule has 1 saturated heterocycles. The Bertz CT molecular complexity index is 332. The van der Waals surface area contributed by atoms with E-state index in [1.165, 1.54) is 0 Å². The molecule has 1 fully saturated rings. The van der Waals surface area contributed by atoms with Crippen molar-refractivity contribution in [2.24, 2.45) is 11.7 Å². The summed E-state index contributed by atoms with van der Waals surface area (Å²) in [5.74, 6) is 2.37. The molecule has 96 valence electrons. The van der Waals surface area contributed by atoms with Crippen LogP contribution < -0.4 is 10.6 Å². The quantitative estimate of drug-likeness (QED) is 0.765. The number of nitrogens with two attached hydrogens (primary N) is 1. The molecule has 1 aromatic rings. The van der Waals surface area contributed by atoms with E-state index in [-0.39, 0.29) is 0 Å². The first kappa shape index (κ1) is 12.3. The van der Waals surface area contributed by atoms with Gasteiger partial charge in [0.05, 0.1) is 6.61 Å². The highest BCUT2D eigenvalue weighted by Gasteiger charge is 2.20. The smallest absolute Gasteiger partial charge is 0.244 e. The molecule has 0 bridgehead atoms. The molecular formula is C11H21N5O. The van der Waals surface area contributed by atoms with Crippen molar-refractivity contribution in [2.75, 3.05) is 38.3 Å². The number of anilines is 1. The molecule has 6 nitrogen and oxygen atoms in total. The predicted octanol–water partition coefficient (Wildman–Crippen LogP) is 0.169. The lowest BCUT2D eigenvalue weighted by Gasteiger charge is -2.30. The number of piperidine rings is 1. The van der Waals surface area contributed by atoms with E-state index in [1.807, 2.05) is 0 Å². The van der Waals surface area contributed by atoms with Crippen LogP contribution in [0.5, 0.6) is 0 Å². The lowest BCUT2D eigenvalue weighted by Crippen LogP contribution is -2.36. The second kappa shape index (κ2) is 5.97. The van der Waals surface area contributed by atoms with Gasteiger partial charge in [-0.25, -0.2) is 0 Å². The average Bonchev–Trinajstić information content (AvgIpc) is 2.85. The normalized spacial score (nSPS) is 17.6. The van der Waals surface area contributed by atoms with Gasteiger partial charge in [0.15, 0.2) is 0 Å². The first-order chi connectivity index (χ1) is 8.33. The molecule has 0 spiro atoms. The molecule has 0 aliphatic carbocycles. The highest BCUT2D eigenvalue weighted by molar-refractivity contribution is 5.29. The van der Waals surface area contributed by atoms with Crippen LogP contribution in [0.4, 0.5) is 5.95 Å². The van der Waals surface area contributed by atoms with Gasteiger partial charge in [-0.2, -0.15) is 4.98 Å². The Kier molecular flexibility index (Phi) is 4.33. The number of H-pyrrole nitrogens is 1. The molecule has 17 heavy (non-hydrogen) atoms. The molecule has 0 unspecified atom stereocenters. The van der Waals surface area contributed by atoms with E-state index in [0.717, 1.165) is 50.7 Å². The minimum atomic E-state index is 0.665. The summed E-state index contributed by atoms with van der Waals surface area (Å²) in [7, 11) is 1.69. The third-order valence-corrected chi connectivity index (χ3v) is 3.29. The monoisotopic (exact) mass is 239 g/mol. The van der Waals surface area contributed by atoms with Crippen molar-refractivity contribution in [1.29, 1.82) is 0 Å². The maximum Gasteiger partial charge on any atom is 0.244 e. The Morgan fingerprint density at radius 3 is 2.88 bits per heavy atom. The number of hydrogen-bond donors (Lipinski definition) is 2. The van der Waals surface area contributed by atoms with Crippen LogP contribution >= 0.6 is 0 Å². The van der Waals surface area contributed by atoms with E-state index < -0.39 is 0 Å². The van der Waals surface area contributed by atoms with E-state index in [0.29, 0.717) is 12.5 Å².